The predicted octanol–water partition coefficient (Wildman–Crippen LogP) is 3.04. The van der Waals surface area contributed by atoms with Gasteiger partial charge < -0.3 is 0 Å². The van der Waals surface area contributed by atoms with Gasteiger partial charge in [-0.1, -0.05) is 36.4 Å². The Morgan fingerprint density at radius 2 is 1.73 bits per heavy atom. The van der Waals surface area contributed by atoms with Crippen molar-refractivity contribution < 1.29 is 0 Å². The van der Waals surface area contributed by atoms with Crippen LogP contribution in [0.3, 0.4) is 0 Å². The second-order valence-electron chi connectivity index (χ2n) is 4.71. The highest BCUT2D eigenvalue weighted by Crippen LogP contribution is 2.10. The molecule has 22 heavy (non-hydrogen) atoms. The number of anilines is 1. The monoisotopic (exact) mass is 289 g/mol. The summed E-state index contributed by atoms with van der Waals surface area (Å²) in [6.45, 7) is 1.89. The zero-order valence-electron chi connectivity index (χ0n) is 12.1. The maximum atomic E-state index is 4.47. The number of aromatic nitrogens is 3. The van der Waals surface area contributed by atoms with Gasteiger partial charge >= 0.3 is 0 Å². The van der Waals surface area contributed by atoms with Crippen LogP contribution < -0.4 is 5.43 Å². The number of nitrogens with zero attached hydrogens (tertiary/aromatic N) is 4. The van der Waals surface area contributed by atoms with Crippen LogP contribution >= 0.6 is 0 Å². The van der Waals surface area contributed by atoms with E-state index < -0.39 is 0 Å². The molecule has 2 heterocycles. The molecular weight excluding hydrogens is 274 g/mol. The van der Waals surface area contributed by atoms with Crippen molar-refractivity contribution >= 4 is 11.5 Å². The minimum atomic E-state index is 0.593. The van der Waals surface area contributed by atoms with Crippen LogP contribution in [0.25, 0.3) is 0 Å². The Labute approximate surface area is 128 Å². The summed E-state index contributed by atoms with van der Waals surface area (Å²) in [5.74, 6) is 0.593. The second kappa shape index (κ2) is 6.58. The minimum Gasteiger partial charge on any atom is -0.259 e. The van der Waals surface area contributed by atoms with Crippen LogP contribution in [-0.4, -0.2) is 20.9 Å². The first-order valence-corrected chi connectivity index (χ1v) is 6.94. The number of aryl methyl sites for hydroxylation is 1. The molecule has 108 valence electrons. The molecule has 3 rings (SSSR count). The van der Waals surface area contributed by atoms with Gasteiger partial charge in [-0.05, 0) is 31.2 Å². The van der Waals surface area contributed by atoms with E-state index in [1.54, 1.807) is 6.20 Å². The van der Waals surface area contributed by atoms with E-state index in [1.807, 2.05) is 67.6 Å². The third kappa shape index (κ3) is 3.32. The largest absolute Gasteiger partial charge is 0.259 e. The number of nitrogens with one attached hydrogen (secondary N) is 1. The molecule has 2 aromatic heterocycles. The smallest absolute Gasteiger partial charge is 0.168 e. The maximum Gasteiger partial charge on any atom is 0.168 e. The lowest BCUT2D eigenvalue weighted by Crippen LogP contribution is -2.09. The van der Waals surface area contributed by atoms with E-state index in [4.69, 9.17) is 0 Å². The fraction of sp³-hybridized carbons (Fsp3) is 0.0588. The molecule has 0 bridgehead atoms. The zero-order chi connectivity index (χ0) is 15.2. The van der Waals surface area contributed by atoms with Gasteiger partial charge in [0, 0.05) is 11.8 Å². The number of rotatable bonds is 4. The zero-order valence-corrected chi connectivity index (χ0v) is 12.1. The van der Waals surface area contributed by atoms with Gasteiger partial charge in [-0.3, -0.25) is 10.4 Å². The number of hydrogen-bond donors (Lipinski definition) is 1. The molecule has 0 aliphatic heterocycles. The average molecular weight is 289 g/mol. The normalized spacial score (nSPS) is 11.2. The summed E-state index contributed by atoms with van der Waals surface area (Å²) in [5, 5.41) is 12.5. The maximum absolute atomic E-state index is 4.47. The topological polar surface area (TPSA) is 63.1 Å². The van der Waals surface area contributed by atoms with E-state index in [2.05, 4.69) is 25.7 Å². The Balaban J connectivity index is 1.95. The third-order valence-electron chi connectivity index (χ3n) is 3.03. The molecule has 0 saturated carbocycles. The SMILES string of the molecule is Cc1ccc(N/N=C(/c2ccccc2)c2ccccn2)nn1. The second-order valence-corrected chi connectivity index (χ2v) is 4.71. The lowest BCUT2D eigenvalue weighted by Gasteiger charge is -2.07. The summed E-state index contributed by atoms with van der Waals surface area (Å²) < 4.78 is 0. The summed E-state index contributed by atoms with van der Waals surface area (Å²) in [6, 6.07) is 19.4. The van der Waals surface area contributed by atoms with Crippen LogP contribution in [-0.2, 0) is 0 Å². The van der Waals surface area contributed by atoms with Gasteiger partial charge in [-0.15, -0.1) is 5.10 Å². The van der Waals surface area contributed by atoms with Crippen molar-refractivity contribution in [3.05, 3.63) is 83.8 Å². The van der Waals surface area contributed by atoms with Crippen molar-refractivity contribution in [2.45, 2.75) is 6.92 Å². The molecule has 0 atom stereocenters. The summed E-state index contributed by atoms with van der Waals surface area (Å²) >= 11 is 0. The molecule has 0 unspecified atom stereocenters. The van der Waals surface area contributed by atoms with E-state index in [1.165, 1.54) is 0 Å². The Hall–Kier alpha value is -3.08. The average Bonchev–Trinajstić information content (AvgIpc) is 2.59. The molecule has 0 fully saturated rings. The Morgan fingerprint density at radius 3 is 2.41 bits per heavy atom. The highest BCUT2D eigenvalue weighted by atomic mass is 15.3. The fourth-order valence-corrected chi connectivity index (χ4v) is 1.94. The third-order valence-corrected chi connectivity index (χ3v) is 3.03. The van der Waals surface area contributed by atoms with E-state index in [-0.39, 0.29) is 0 Å². The van der Waals surface area contributed by atoms with Gasteiger partial charge in [0.25, 0.3) is 0 Å². The Morgan fingerprint density at radius 1 is 0.909 bits per heavy atom. The number of benzene rings is 1. The molecule has 3 aromatic rings. The first-order chi connectivity index (χ1) is 10.8. The van der Waals surface area contributed by atoms with E-state index in [9.17, 15) is 0 Å². The highest BCUT2D eigenvalue weighted by Gasteiger charge is 2.08. The van der Waals surface area contributed by atoms with E-state index >= 15 is 0 Å². The molecule has 0 saturated heterocycles. The van der Waals surface area contributed by atoms with Gasteiger partial charge in [0.15, 0.2) is 5.82 Å². The predicted molar refractivity (Wildman–Crippen MR) is 86.7 cm³/mol. The van der Waals surface area contributed by atoms with Crippen LogP contribution in [0.15, 0.2) is 72.0 Å². The van der Waals surface area contributed by atoms with Crippen molar-refractivity contribution in [3.63, 3.8) is 0 Å². The first kappa shape index (κ1) is 13.9. The summed E-state index contributed by atoms with van der Waals surface area (Å²) in [7, 11) is 0. The molecule has 1 aromatic carbocycles. The van der Waals surface area contributed by atoms with Crippen LogP contribution in [0.4, 0.5) is 5.82 Å². The number of hydrazone groups is 1. The molecule has 5 nitrogen and oxygen atoms in total. The Bertz CT molecular complexity index is 711. The number of hydrogen-bond acceptors (Lipinski definition) is 5. The quantitative estimate of drug-likeness (QED) is 0.592. The van der Waals surface area contributed by atoms with Crippen LogP contribution in [0.2, 0.25) is 0 Å². The molecule has 0 aliphatic carbocycles. The van der Waals surface area contributed by atoms with E-state index in [0.717, 1.165) is 22.7 Å². The lowest BCUT2D eigenvalue weighted by molar-refractivity contribution is 0.975. The summed E-state index contributed by atoms with van der Waals surface area (Å²) in [6.07, 6.45) is 1.75. The number of pyridine rings is 1. The minimum absolute atomic E-state index is 0.593. The van der Waals surface area contributed by atoms with Gasteiger partial charge in [0.2, 0.25) is 0 Å². The first-order valence-electron chi connectivity index (χ1n) is 6.94. The van der Waals surface area contributed by atoms with Gasteiger partial charge in [0.1, 0.15) is 5.71 Å². The van der Waals surface area contributed by atoms with Crippen LogP contribution in [0.1, 0.15) is 17.0 Å². The van der Waals surface area contributed by atoms with Gasteiger partial charge in [-0.2, -0.15) is 10.2 Å². The molecule has 0 spiro atoms. The van der Waals surface area contributed by atoms with Gasteiger partial charge in [0.05, 0.1) is 11.4 Å². The molecule has 5 heteroatoms. The molecular formula is C17H15N5. The molecule has 1 N–H and O–H groups in total. The van der Waals surface area contributed by atoms with Crippen LogP contribution in [0.5, 0.6) is 0 Å². The standard InChI is InChI=1S/C17H15N5/c1-13-10-11-16(20-19-13)21-22-17(14-7-3-2-4-8-14)15-9-5-6-12-18-15/h2-12H,1H3,(H,20,21)/b22-17-. The molecule has 0 amide bonds. The summed E-state index contributed by atoms with van der Waals surface area (Å²) in [4.78, 5) is 4.38. The molecule has 0 aliphatic rings. The lowest BCUT2D eigenvalue weighted by atomic mass is 10.1. The summed E-state index contributed by atoms with van der Waals surface area (Å²) in [5.41, 5.74) is 6.33. The van der Waals surface area contributed by atoms with Crippen molar-refractivity contribution in [3.8, 4) is 0 Å². The fourth-order valence-electron chi connectivity index (χ4n) is 1.94. The van der Waals surface area contributed by atoms with Crippen LogP contribution in [0, 0.1) is 6.92 Å². The van der Waals surface area contributed by atoms with Crippen molar-refractivity contribution in [1.82, 2.24) is 15.2 Å². The molecule has 0 radical (unpaired) electrons. The van der Waals surface area contributed by atoms with E-state index in [0.29, 0.717) is 5.82 Å². The van der Waals surface area contributed by atoms with Crippen molar-refractivity contribution in [1.29, 1.82) is 0 Å². The Kier molecular flexibility index (Phi) is 4.15. The van der Waals surface area contributed by atoms with Gasteiger partial charge in [-0.25, -0.2) is 0 Å². The van der Waals surface area contributed by atoms with Crippen molar-refractivity contribution in [2.75, 3.05) is 5.43 Å². The van der Waals surface area contributed by atoms with Crippen molar-refractivity contribution in [2.24, 2.45) is 5.10 Å². The highest BCUT2D eigenvalue weighted by molar-refractivity contribution is 6.11.